The fraction of sp³-hybridized carbons (Fsp3) is 0.880. The molecule has 2 saturated carbocycles. The minimum Gasteiger partial charge on any atom is -0.381 e. The number of hydrogen-bond acceptors (Lipinski definition) is 3. The van der Waals surface area contributed by atoms with Gasteiger partial charge >= 0.3 is 30.2 Å². The van der Waals surface area contributed by atoms with E-state index in [4.69, 9.17) is 42.4 Å². The quantitative estimate of drug-likeness (QED) is 0.0566. The number of carbonyl (C=O) groups is 1. The Morgan fingerprint density at radius 3 is 1.78 bits per heavy atom. The smallest absolute Gasteiger partial charge is 0.381 e. The maximum absolute atomic E-state index is 14.2. The molecule has 2 fully saturated rings. The van der Waals surface area contributed by atoms with Gasteiger partial charge in [-0.05, 0) is 76.2 Å². The molecule has 0 saturated heterocycles. The Morgan fingerprint density at radius 2 is 1.27 bits per heavy atom. The standard InChI is InChI=1S/C25H34Cl3F9O3Si/c26-41(27,28)40-16-4-2-1-3-15-39-20-12-8-18(9-13-20)21(38)14-7-17-5-10-19(11-6-17)22(29,30)23(31,32)24(33,34)25(35,36)37/h7,14,17-20H,1-6,8-13,15-16H2/b14-7+. The Morgan fingerprint density at radius 1 is 0.732 bits per heavy atom. The second-order valence-electron chi connectivity index (χ2n) is 10.7. The average Bonchev–Trinajstić information content (AvgIpc) is 2.88. The summed E-state index contributed by atoms with van der Waals surface area (Å²) in [5.41, 5.74) is 0. The van der Waals surface area contributed by atoms with E-state index in [0.29, 0.717) is 38.9 Å². The minimum atomic E-state index is -6.87. The lowest BCUT2D eigenvalue weighted by atomic mass is 9.76. The summed E-state index contributed by atoms with van der Waals surface area (Å²) in [6, 6.07) is 0. The first-order valence-corrected chi connectivity index (χ1v) is 18.5. The molecule has 41 heavy (non-hydrogen) atoms. The van der Waals surface area contributed by atoms with Gasteiger partial charge in [0.05, 0.1) is 6.10 Å². The first-order valence-electron chi connectivity index (χ1n) is 13.5. The van der Waals surface area contributed by atoms with Crippen molar-refractivity contribution < 1.29 is 53.5 Å². The SMILES string of the molecule is O=C(/C=C/C1CCC(C(F)(F)C(F)(F)C(F)(F)C(F)(F)F)CC1)C1CCC(OCCCCCCO[Si](Cl)(Cl)Cl)CC1. The highest BCUT2D eigenvalue weighted by Crippen LogP contribution is 2.57. The molecule has 0 aromatic carbocycles. The number of rotatable bonds is 15. The number of halogens is 12. The lowest BCUT2D eigenvalue weighted by Crippen LogP contribution is -2.63. The maximum Gasteiger partial charge on any atom is 0.493 e. The van der Waals surface area contributed by atoms with Crippen LogP contribution in [0, 0.1) is 17.8 Å². The average molecular weight is 688 g/mol. The van der Waals surface area contributed by atoms with E-state index in [-0.39, 0.29) is 30.6 Å². The zero-order valence-corrected chi connectivity index (χ0v) is 25.4. The van der Waals surface area contributed by atoms with Gasteiger partial charge in [0, 0.05) is 25.0 Å². The van der Waals surface area contributed by atoms with Gasteiger partial charge in [-0.1, -0.05) is 52.2 Å². The van der Waals surface area contributed by atoms with Crippen LogP contribution in [0.5, 0.6) is 0 Å². The van der Waals surface area contributed by atoms with Gasteiger partial charge in [0.25, 0.3) is 0 Å². The third-order valence-electron chi connectivity index (χ3n) is 7.72. The molecule has 0 bridgehead atoms. The van der Waals surface area contributed by atoms with Crippen molar-refractivity contribution in [3.8, 4) is 0 Å². The van der Waals surface area contributed by atoms with Crippen molar-refractivity contribution in [2.75, 3.05) is 13.2 Å². The molecule has 0 aromatic rings. The van der Waals surface area contributed by atoms with Gasteiger partial charge in [-0.15, -0.1) is 0 Å². The van der Waals surface area contributed by atoms with Crippen LogP contribution in [0.4, 0.5) is 39.5 Å². The number of carbonyl (C=O) groups excluding carboxylic acids is 1. The summed E-state index contributed by atoms with van der Waals surface area (Å²) < 4.78 is 130. The number of alkyl halides is 9. The molecule has 0 radical (unpaired) electrons. The molecule has 0 N–H and O–H groups in total. The van der Waals surface area contributed by atoms with Crippen molar-refractivity contribution in [3.05, 3.63) is 12.2 Å². The van der Waals surface area contributed by atoms with Crippen LogP contribution >= 0.6 is 33.2 Å². The molecule has 0 heterocycles. The normalized spacial score (nSPS) is 25.6. The van der Waals surface area contributed by atoms with Crippen LogP contribution in [0.15, 0.2) is 12.2 Å². The second-order valence-corrected chi connectivity index (χ2v) is 18.4. The van der Waals surface area contributed by atoms with Gasteiger partial charge in [0.2, 0.25) is 0 Å². The third kappa shape index (κ3) is 10.4. The Kier molecular flexibility index (Phi) is 13.7. The van der Waals surface area contributed by atoms with E-state index in [0.717, 1.165) is 25.7 Å². The van der Waals surface area contributed by atoms with Crippen molar-refractivity contribution in [1.82, 2.24) is 0 Å². The summed E-state index contributed by atoms with van der Waals surface area (Å²) in [5.74, 6) is -22.2. The molecule has 0 aliphatic heterocycles. The summed E-state index contributed by atoms with van der Waals surface area (Å²) in [6.45, 7) is 0.990. The molecule has 0 spiro atoms. The van der Waals surface area contributed by atoms with E-state index in [2.05, 4.69) is 0 Å². The molecule has 16 heteroatoms. The Balaban J connectivity index is 1.69. The molecule has 2 aliphatic carbocycles. The Hall–Kier alpha value is -0.213. The summed E-state index contributed by atoms with van der Waals surface area (Å²) >= 11 is 16.9. The molecule has 2 rings (SSSR count). The number of unbranched alkanes of at least 4 members (excludes halogenated alkanes) is 3. The van der Waals surface area contributed by atoms with Gasteiger partial charge in [0.1, 0.15) is 0 Å². The van der Waals surface area contributed by atoms with Gasteiger partial charge in [-0.2, -0.15) is 39.5 Å². The highest BCUT2D eigenvalue weighted by atomic mass is 35.8. The molecular weight excluding hydrogens is 654 g/mol. The predicted molar refractivity (Wildman–Crippen MR) is 140 cm³/mol. The van der Waals surface area contributed by atoms with Crippen molar-refractivity contribution in [3.63, 3.8) is 0 Å². The van der Waals surface area contributed by atoms with Crippen LogP contribution in [-0.4, -0.2) is 55.3 Å². The summed E-state index contributed by atoms with van der Waals surface area (Å²) in [6.07, 6.45) is -2.53. The van der Waals surface area contributed by atoms with E-state index in [1.165, 1.54) is 12.2 Å². The van der Waals surface area contributed by atoms with Crippen LogP contribution in [0.3, 0.4) is 0 Å². The lowest BCUT2D eigenvalue weighted by Gasteiger charge is -2.40. The lowest BCUT2D eigenvalue weighted by molar-refractivity contribution is -0.404. The largest absolute Gasteiger partial charge is 0.493 e. The first-order chi connectivity index (χ1) is 18.8. The highest BCUT2D eigenvalue weighted by molar-refractivity contribution is 7.62. The summed E-state index contributed by atoms with van der Waals surface area (Å²) in [5, 5.41) is 0. The van der Waals surface area contributed by atoms with Crippen LogP contribution in [0.1, 0.15) is 77.0 Å². The second kappa shape index (κ2) is 15.2. The van der Waals surface area contributed by atoms with Gasteiger partial charge in [0.15, 0.2) is 5.78 Å². The number of hydrogen-bond donors (Lipinski definition) is 0. The van der Waals surface area contributed by atoms with Crippen LogP contribution in [0.2, 0.25) is 0 Å². The van der Waals surface area contributed by atoms with E-state index in [1.807, 2.05) is 0 Å². The van der Waals surface area contributed by atoms with E-state index >= 15 is 0 Å². The van der Waals surface area contributed by atoms with Gasteiger partial charge in [-0.3, -0.25) is 4.79 Å². The van der Waals surface area contributed by atoms with E-state index in [9.17, 15) is 44.3 Å². The molecule has 0 amide bonds. The Bertz CT molecular complexity index is 853. The van der Waals surface area contributed by atoms with Crippen LogP contribution in [0.25, 0.3) is 0 Å². The van der Waals surface area contributed by atoms with Crippen molar-refractivity contribution in [2.24, 2.45) is 17.8 Å². The maximum atomic E-state index is 14.2. The van der Waals surface area contributed by atoms with Crippen molar-refractivity contribution >= 4 is 45.3 Å². The first kappa shape index (κ1) is 37.0. The Labute approximate surface area is 248 Å². The molecule has 3 nitrogen and oxygen atoms in total. The van der Waals surface area contributed by atoms with Gasteiger partial charge < -0.3 is 9.16 Å². The molecule has 0 atom stereocenters. The molecule has 2 aliphatic rings. The number of allylic oxidation sites excluding steroid dienone is 2. The molecular formula is C25H34Cl3F9O3Si. The number of ketones is 1. The van der Waals surface area contributed by atoms with E-state index in [1.54, 1.807) is 0 Å². The predicted octanol–water partition coefficient (Wildman–Crippen LogP) is 9.69. The zero-order chi connectivity index (χ0) is 31.1. The topological polar surface area (TPSA) is 35.5 Å². The third-order valence-corrected chi connectivity index (χ3v) is 9.23. The van der Waals surface area contributed by atoms with Crippen LogP contribution < -0.4 is 0 Å². The summed E-state index contributed by atoms with van der Waals surface area (Å²) in [7, 11) is 0. The minimum absolute atomic E-state index is 0.0431. The van der Waals surface area contributed by atoms with E-state index < -0.39 is 54.9 Å². The fourth-order valence-corrected chi connectivity index (χ4v) is 6.26. The van der Waals surface area contributed by atoms with Gasteiger partial charge in [-0.25, -0.2) is 0 Å². The fourth-order valence-electron chi connectivity index (χ4n) is 5.19. The molecule has 0 unspecified atom stereocenters. The molecule has 240 valence electrons. The number of ether oxygens (including phenoxy) is 1. The van der Waals surface area contributed by atoms with Crippen LogP contribution in [-0.2, 0) is 14.0 Å². The zero-order valence-electron chi connectivity index (χ0n) is 22.1. The highest BCUT2D eigenvalue weighted by Gasteiger charge is 2.82. The van der Waals surface area contributed by atoms with Crippen molar-refractivity contribution in [1.29, 1.82) is 0 Å². The monoisotopic (exact) mass is 686 g/mol. The van der Waals surface area contributed by atoms with Crippen molar-refractivity contribution in [2.45, 2.75) is 107 Å². The summed E-state index contributed by atoms with van der Waals surface area (Å²) in [4.78, 5) is 12.6. The molecule has 0 aromatic heterocycles.